The smallest absolute Gasteiger partial charge is 0.416 e. The molecule has 1 amide bonds. The van der Waals surface area contributed by atoms with Gasteiger partial charge in [-0.2, -0.15) is 18.3 Å². The van der Waals surface area contributed by atoms with E-state index in [0.29, 0.717) is 29.2 Å². The number of halogens is 3. The van der Waals surface area contributed by atoms with Gasteiger partial charge in [0.25, 0.3) is 0 Å². The third-order valence-corrected chi connectivity index (χ3v) is 5.48. The molecular weight excluding hydrogens is 475 g/mol. The Hall–Kier alpha value is -3.54. The summed E-state index contributed by atoms with van der Waals surface area (Å²) in [5.41, 5.74) is 0.199. The van der Waals surface area contributed by atoms with E-state index in [1.165, 1.54) is 18.3 Å². The molecular formula is C22H20F3N3O5S. The van der Waals surface area contributed by atoms with Crippen molar-refractivity contribution in [3.05, 3.63) is 59.2 Å². The minimum Gasteiger partial charge on any atom is -0.490 e. The summed E-state index contributed by atoms with van der Waals surface area (Å²) in [7, 11) is 0. The van der Waals surface area contributed by atoms with Gasteiger partial charge in [-0.3, -0.25) is 9.59 Å². The number of benzene rings is 2. The van der Waals surface area contributed by atoms with Crippen molar-refractivity contribution in [2.45, 2.75) is 31.4 Å². The third-order valence-electron chi connectivity index (χ3n) is 4.41. The van der Waals surface area contributed by atoms with Gasteiger partial charge in [0.05, 0.1) is 24.8 Å². The van der Waals surface area contributed by atoms with Crippen LogP contribution in [0.2, 0.25) is 0 Å². The summed E-state index contributed by atoms with van der Waals surface area (Å²) in [6.45, 7) is 2.02. The second-order valence-electron chi connectivity index (χ2n) is 6.97. The Morgan fingerprint density at radius 2 is 2.00 bits per heavy atom. The zero-order valence-corrected chi connectivity index (χ0v) is 18.7. The number of carboxylic acids is 1. The fraction of sp³-hybridized carbons (Fsp3) is 0.273. The first-order valence-corrected chi connectivity index (χ1v) is 10.9. The fourth-order valence-electron chi connectivity index (χ4n) is 2.88. The molecule has 1 fully saturated rings. The lowest BCUT2D eigenvalue weighted by molar-refractivity contribution is -0.138. The Balaban J connectivity index is 1.67. The van der Waals surface area contributed by atoms with Crippen LogP contribution in [0.4, 0.5) is 13.2 Å². The van der Waals surface area contributed by atoms with Gasteiger partial charge in [-0.05, 0) is 48.4 Å². The van der Waals surface area contributed by atoms with Crippen LogP contribution >= 0.6 is 11.8 Å². The normalized spacial score (nSPS) is 17.2. The van der Waals surface area contributed by atoms with Crippen molar-refractivity contribution >= 4 is 35.0 Å². The maximum absolute atomic E-state index is 12.9. The molecule has 8 nitrogen and oxygen atoms in total. The molecule has 0 radical (unpaired) electrons. The van der Waals surface area contributed by atoms with E-state index >= 15 is 0 Å². The van der Waals surface area contributed by atoms with E-state index in [-0.39, 0.29) is 18.2 Å². The Labute approximate surface area is 196 Å². The van der Waals surface area contributed by atoms with Crippen LogP contribution in [0.3, 0.4) is 0 Å². The van der Waals surface area contributed by atoms with Gasteiger partial charge in [-0.25, -0.2) is 0 Å². The maximum atomic E-state index is 12.9. The molecule has 1 aliphatic rings. The van der Waals surface area contributed by atoms with Gasteiger partial charge < -0.3 is 19.9 Å². The number of rotatable bonds is 9. The quantitative estimate of drug-likeness (QED) is 0.401. The van der Waals surface area contributed by atoms with E-state index in [1.807, 2.05) is 0 Å². The highest BCUT2D eigenvalue weighted by atomic mass is 32.2. The number of alkyl halides is 3. The summed E-state index contributed by atoms with van der Waals surface area (Å²) in [4.78, 5) is 22.5. The number of hydrogen-bond donors (Lipinski definition) is 2. The summed E-state index contributed by atoms with van der Waals surface area (Å²) in [5.74, 6) is -0.813. The number of nitrogens with one attached hydrogen (secondary N) is 1. The van der Waals surface area contributed by atoms with Crippen molar-refractivity contribution in [2.75, 3.05) is 6.61 Å². The van der Waals surface area contributed by atoms with Gasteiger partial charge in [0.15, 0.2) is 16.7 Å². The minimum atomic E-state index is -4.44. The van der Waals surface area contributed by atoms with Gasteiger partial charge in [-0.15, -0.1) is 5.10 Å². The SMILES string of the molecule is CCOc1cc(C=NN=C2NC(=O)C(CC(=O)O)S2)ccc1OCc1cccc(C(F)(F)F)c1. The first-order valence-electron chi connectivity index (χ1n) is 10.0. The summed E-state index contributed by atoms with van der Waals surface area (Å²) >= 11 is 0.983. The molecule has 34 heavy (non-hydrogen) atoms. The largest absolute Gasteiger partial charge is 0.490 e. The summed E-state index contributed by atoms with van der Waals surface area (Å²) in [6.07, 6.45) is -3.35. The van der Waals surface area contributed by atoms with Crippen LogP contribution in [0.15, 0.2) is 52.7 Å². The third kappa shape index (κ3) is 6.98. The number of thioether (sulfide) groups is 1. The Kier molecular flexibility index (Phi) is 8.16. The average Bonchev–Trinajstić information content (AvgIpc) is 3.11. The second kappa shape index (κ2) is 11.1. The Bertz CT molecular complexity index is 1120. The topological polar surface area (TPSA) is 110 Å². The summed E-state index contributed by atoms with van der Waals surface area (Å²) in [5, 5.41) is 18.5. The number of carboxylic acid groups (broad SMARTS) is 1. The maximum Gasteiger partial charge on any atom is 0.416 e. The highest BCUT2D eigenvalue weighted by Gasteiger charge is 2.32. The van der Waals surface area contributed by atoms with Crippen molar-refractivity contribution in [1.82, 2.24) is 5.32 Å². The molecule has 180 valence electrons. The molecule has 1 heterocycles. The fourth-order valence-corrected chi connectivity index (χ4v) is 3.80. The van der Waals surface area contributed by atoms with Crippen LogP contribution in [0.1, 0.15) is 30.0 Å². The standard InChI is InChI=1S/C22H20F3N3O5S/c1-2-32-17-9-13(11-26-28-21-27-20(31)18(34-21)10-19(29)30)6-7-16(17)33-12-14-4-3-5-15(8-14)22(23,24)25/h3-9,11,18H,2,10,12H2,1H3,(H,29,30)(H,27,28,31). The first-order chi connectivity index (χ1) is 16.2. The van der Waals surface area contributed by atoms with Gasteiger partial charge in [0.2, 0.25) is 5.91 Å². The van der Waals surface area contributed by atoms with Gasteiger partial charge in [-0.1, -0.05) is 23.9 Å². The van der Waals surface area contributed by atoms with Crippen LogP contribution in [0.25, 0.3) is 0 Å². The lowest BCUT2D eigenvalue weighted by atomic mass is 10.1. The first kappa shape index (κ1) is 25.1. The van der Waals surface area contributed by atoms with E-state index < -0.39 is 28.9 Å². The molecule has 0 aromatic heterocycles. The van der Waals surface area contributed by atoms with Crippen molar-refractivity contribution in [2.24, 2.45) is 10.2 Å². The monoisotopic (exact) mass is 495 g/mol. The van der Waals surface area contributed by atoms with E-state index in [4.69, 9.17) is 14.6 Å². The highest BCUT2D eigenvalue weighted by molar-refractivity contribution is 8.15. The van der Waals surface area contributed by atoms with Crippen molar-refractivity contribution in [3.8, 4) is 11.5 Å². The van der Waals surface area contributed by atoms with Crippen LogP contribution in [-0.2, 0) is 22.4 Å². The average molecular weight is 495 g/mol. The van der Waals surface area contributed by atoms with Crippen LogP contribution < -0.4 is 14.8 Å². The van der Waals surface area contributed by atoms with Gasteiger partial charge >= 0.3 is 12.1 Å². The molecule has 3 rings (SSSR count). The van der Waals surface area contributed by atoms with E-state index in [1.54, 1.807) is 25.1 Å². The highest BCUT2D eigenvalue weighted by Crippen LogP contribution is 2.31. The molecule has 0 bridgehead atoms. The molecule has 2 aromatic carbocycles. The zero-order chi connectivity index (χ0) is 24.7. The number of hydrogen-bond acceptors (Lipinski definition) is 7. The lowest BCUT2D eigenvalue weighted by Crippen LogP contribution is -2.26. The molecule has 0 spiro atoms. The Morgan fingerprint density at radius 1 is 1.21 bits per heavy atom. The summed E-state index contributed by atoms with van der Waals surface area (Å²) in [6, 6.07) is 9.76. The van der Waals surface area contributed by atoms with E-state index in [9.17, 15) is 22.8 Å². The van der Waals surface area contributed by atoms with Crippen molar-refractivity contribution in [3.63, 3.8) is 0 Å². The predicted octanol–water partition coefficient (Wildman–Crippen LogP) is 4.08. The molecule has 0 aliphatic carbocycles. The van der Waals surface area contributed by atoms with Gasteiger partial charge in [0.1, 0.15) is 11.9 Å². The number of amides is 1. The second-order valence-corrected chi connectivity index (χ2v) is 8.16. The van der Waals surface area contributed by atoms with E-state index in [2.05, 4.69) is 15.5 Å². The van der Waals surface area contributed by atoms with Crippen LogP contribution in [-0.4, -0.2) is 40.2 Å². The van der Waals surface area contributed by atoms with Crippen molar-refractivity contribution in [1.29, 1.82) is 0 Å². The molecule has 12 heteroatoms. The molecule has 0 saturated carbocycles. The summed E-state index contributed by atoms with van der Waals surface area (Å²) < 4.78 is 49.9. The molecule has 1 saturated heterocycles. The molecule has 1 unspecified atom stereocenters. The number of amidine groups is 1. The molecule has 1 atom stereocenters. The number of carbonyl (C=O) groups excluding carboxylic acids is 1. The Morgan fingerprint density at radius 3 is 2.71 bits per heavy atom. The lowest BCUT2D eigenvalue weighted by Gasteiger charge is -2.13. The van der Waals surface area contributed by atoms with Crippen LogP contribution in [0.5, 0.6) is 11.5 Å². The molecule has 2 aromatic rings. The molecule has 2 N–H and O–H groups in total. The number of nitrogens with zero attached hydrogens (tertiary/aromatic N) is 2. The molecule has 1 aliphatic heterocycles. The number of carbonyl (C=O) groups is 2. The van der Waals surface area contributed by atoms with Crippen molar-refractivity contribution < 1.29 is 37.3 Å². The van der Waals surface area contributed by atoms with Gasteiger partial charge in [0, 0.05) is 0 Å². The zero-order valence-electron chi connectivity index (χ0n) is 17.8. The number of ether oxygens (including phenoxy) is 2. The predicted molar refractivity (Wildman–Crippen MR) is 120 cm³/mol. The minimum absolute atomic E-state index is 0.0838. The van der Waals surface area contributed by atoms with E-state index in [0.717, 1.165) is 23.9 Å². The van der Waals surface area contributed by atoms with Crippen LogP contribution in [0, 0.1) is 0 Å². The number of aliphatic carboxylic acids is 1.